The number of benzene rings is 2. The summed E-state index contributed by atoms with van der Waals surface area (Å²) in [5, 5.41) is 2.66. The molecular weight excluding hydrogens is 407 g/mol. The number of nitrogens with zero attached hydrogens (tertiary/aromatic N) is 1. The maximum Gasteiger partial charge on any atom is 0.255 e. The molecule has 3 rings (SSSR count). The zero-order valence-corrected chi connectivity index (χ0v) is 16.9. The number of anilines is 1. The predicted octanol–water partition coefficient (Wildman–Crippen LogP) is 3.53. The van der Waals surface area contributed by atoms with E-state index in [9.17, 15) is 17.6 Å². The minimum absolute atomic E-state index is 0.0117. The van der Waals surface area contributed by atoms with Crippen molar-refractivity contribution < 1.29 is 22.3 Å². The molecular formula is C19H20ClFN2O4S. The molecule has 1 saturated heterocycles. The van der Waals surface area contributed by atoms with Gasteiger partial charge in [-0.15, -0.1) is 0 Å². The normalized spacial score (nSPS) is 20.7. The molecule has 1 fully saturated rings. The SMILES string of the molecule is CC1CN(S(=O)(=O)c2ccc(C(=O)Nc3ccc(Cl)cc3F)cc2)CC(C)O1. The zero-order chi connectivity index (χ0) is 20.5. The number of nitrogens with one attached hydrogen (secondary N) is 1. The van der Waals surface area contributed by atoms with Crippen LogP contribution in [0.3, 0.4) is 0 Å². The summed E-state index contributed by atoms with van der Waals surface area (Å²) in [4.78, 5) is 12.4. The topological polar surface area (TPSA) is 75.7 Å². The lowest BCUT2D eigenvalue weighted by atomic mass is 10.2. The van der Waals surface area contributed by atoms with Crippen LogP contribution in [0.15, 0.2) is 47.4 Å². The van der Waals surface area contributed by atoms with Crippen LogP contribution >= 0.6 is 11.6 Å². The molecule has 28 heavy (non-hydrogen) atoms. The summed E-state index contributed by atoms with van der Waals surface area (Å²) in [7, 11) is -3.69. The van der Waals surface area contributed by atoms with E-state index in [4.69, 9.17) is 16.3 Å². The van der Waals surface area contributed by atoms with Crippen molar-refractivity contribution in [2.24, 2.45) is 0 Å². The van der Waals surface area contributed by atoms with Gasteiger partial charge >= 0.3 is 0 Å². The second-order valence-corrected chi connectivity index (χ2v) is 9.06. The number of ether oxygens (including phenoxy) is 1. The van der Waals surface area contributed by atoms with E-state index >= 15 is 0 Å². The summed E-state index contributed by atoms with van der Waals surface area (Å²) in [6, 6.07) is 9.43. The molecule has 2 unspecified atom stereocenters. The monoisotopic (exact) mass is 426 g/mol. The van der Waals surface area contributed by atoms with E-state index in [0.717, 1.165) is 6.07 Å². The molecule has 0 aliphatic carbocycles. The number of morpholine rings is 1. The van der Waals surface area contributed by atoms with Crippen molar-refractivity contribution in [2.75, 3.05) is 18.4 Å². The molecule has 9 heteroatoms. The first-order chi connectivity index (χ1) is 13.2. The molecule has 1 N–H and O–H groups in total. The molecule has 0 bridgehead atoms. The van der Waals surface area contributed by atoms with Crippen molar-refractivity contribution in [1.29, 1.82) is 0 Å². The molecule has 6 nitrogen and oxygen atoms in total. The molecule has 1 aliphatic rings. The molecule has 2 aromatic carbocycles. The number of carbonyl (C=O) groups excluding carboxylic acids is 1. The van der Waals surface area contributed by atoms with Gasteiger partial charge in [-0.05, 0) is 56.3 Å². The van der Waals surface area contributed by atoms with Gasteiger partial charge in [0.25, 0.3) is 5.91 Å². The third-order valence-corrected chi connectivity index (χ3v) is 6.40. The van der Waals surface area contributed by atoms with E-state index in [0.29, 0.717) is 0 Å². The van der Waals surface area contributed by atoms with Gasteiger partial charge in [-0.25, -0.2) is 12.8 Å². The van der Waals surface area contributed by atoms with Gasteiger partial charge in [0.15, 0.2) is 0 Å². The number of amides is 1. The molecule has 1 heterocycles. The molecule has 1 amide bonds. The number of hydrogen-bond donors (Lipinski definition) is 1. The Morgan fingerprint density at radius 1 is 1.14 bits per heavy atom. The first-order valence-electron chi connectivity index (χ1n) is 8.69. The van der Waals surface area contributed by atoms with Gasteiger partial charge in [-0.2, -0.15) is 4.31 Å². The maximum absolute atomic E-state index is 13.8. The molecule has 2 aromatic rings. The highest BCUT2D eigenvalue weighted by molar-refractivity contribution is 7.89. The fourth-order valence-corrected chi connectivity index (χ4v) is 4.79. The lowest BCUT2D eigenvalue weighted by molar-refractivity contribution is -0.0440. The Kier molecular flexibility index (Phi) is 6.04. The molecule has 150 valence electrons. The predicted molar refractivity (Wildman–Crippen MR) is 105 cm³/mol. The number of halogens is 2. The van der Waals surface area contributed by atoms with Gasteiger partial charge < -0.3 is 10.1 Å². The summed E-state index contributed by atoms with van der Waals surface area (Å²) < 4.78 is 46.4. The van der Waals surface area contributed by atoms with E-state index in [1.807, 2.05) is 13.8 Å². The van der Waals surface area contributed by atoms with Crippen molar-refractivity contribution in [3.05, 3.63) is 58.9 Å². The maximum atomic E-state index is 13.8. The van der Waals surface area contributed by atoms with Crippen LogP contribution in [0.2, 0.25) is 5.02 Å². The minimum Gasteiger partial charge on any atom is -0.373 e. The van der Waals surface area contributed by atoms with Crippen molar-refractivity contribution in [3.63, 3.8) is 0 Å². The van der Waals surface area contributed by atoms with Gasteiger partial charge in [-0.1, -0.05) is 11.6 Å². The van der Waals surface area contributed by atoms with Gasteiger partial charge in [-0.3, -0.25) is 4.79 Å². The number of rotatable bonds is 4. The highest BCUT2D eigenvalue weighted by Crippen LogP contribution is 2.23. The number of sulfonamides is 1. The van der Waals surface area contributed by atoms with E-state index in [1.165, 1.54) is 40.7 Å². The average molecular weight is 427 g/mol. The van der Waals surface area contributed by atoms with Gasteiger partial charge in [0.1, 0.15) is 5.82 Å². The standard InChI is InChI=1S/C19H20ClFN2O4S/c1-12-10-23(11-13(2)27-12)28(25,26)16-6-3-14(4-7-16)19(24)22-18-8-5-15(20)9-17(18)21/h3-9,12-13H,10-11H2,1-2H3,(H,22,24). The molecule has 0 aromatic heterocycles. The third-order valence-electron chi connectivity index (χ3n) is 4.32. The van der Waals surface area contributed by atoms with Crippen LogP contribution in [0.5, 0.6) is 0 Å². The fourth-order valence-electron chi connectivity index (χ4n) is 3.04. The Hall–Kier alpha value is -2.00. The first kappa shape index (κ1) is 20.7. The second kappa shape index (κ2) is 8.16. The van der Waals surface area contributed by atoms with Crippen LogP contribution in [0, 0.1) is 5.82 Å². The quantitative estimate of drug-likeness (QED) is 0.811. The van der Waals surface area contributed by atoms with Crippen molar-refractivity contribution in [1.82, 2.24) is 4.31 Å². The number of hydrogen-bond acceptors (Lipinski definition) is 4. The smallest absolute Gasteiger partial charge is 0.255 e. The van der Waals surface area contributed by atoms with Crippen LogP contribution in [-0.2, 0) is 14.8 Å². The highest BCUT2D eigenvalue weighted by Gasteiger charge is 2.32. The first-order valence-corrected chi connectivity index (χ1v) is 10.5. The largest absolute Gasteiger partial charge is 0.373 e. The van der Waals surface area contributed by atoms with Crippen LogP contribution < -0.4 is 5.32 Å². The summed E-state index contributed by atoms with van der Waals surface area (Å²) in [6.45, 7) is 4.18. The van der Waals surface area contributed by atoms with Crippen LogP contribution in [0.4, 0.5) is 10.1 Å². The summed E-state index contributed by atoms with van der Waals surface area (Å²) in [5.41, 5.74) is 0.194. The van der Waals surface area contributed by atoms with Crippen molar-refractivity contribution >= 4 is 33.2 Å². The van der Waals surface area contributed by atoms with Crippen molar-refractivity contribution in [3.8, 4) is 0 Å². The zero-order valence-electron chi connectivity index (χ0n) is 15.4. The Labute approximate surface area is 168 Å². The van der Waals surface area contributed by atoms with E-state index in [1.54, 1.807) is 0 Å². The fraction of sp³-hybridized carbons (Fsp3) is 0.316. The molecule has 0 saturated carbocycles. The second-order valence-electron chi connectivity index (χ2n) is 6.68. The van der Waals surface area contributed by atoms with Crippen LogP contribution in [0.25, 0.3) is 0 Å². The Morgan fingerprint density at radius 3 is 2.32 bits per heavy atom. The van der Waals surface area contributed by atoms with E-state index in [-0.39, 0.29) is 46.5 Å². The number of carbonyl (C=O) groups is 1. The summed E-state index contributed by atoms with van der Waals surface area (Å²) in [5.74, 6) is -1.21. The van der Waals surface area contributed by atoms with Gasteiger partial charge in [0.05, 0.1) is 22.8 Å². The highest BCUT2D eigenvalue weighted by atomic mass is 35.5. The lowest BCUT2D eigenvalue weighted by Gasteiger charge is -2.34. The third kappa shape index (κ3) is 4.52. The summed E-state index contributed by atoms with van der Waals surface area (Å²) in [6.07, 6.45) is -0.393. The average Bonchev–Trinajstić information content (AvgIpc) is 2.63. The van der Waals surface area contributed by atoms with Gasteiger partial charge in [0.2, 0.25) is 10.0 Å². The lowest BCUT2D eigenvalue weighted by Crippen LogP contribution is -2.48. The van der Waals surface area contributed by atoms with Crippen molar-refractivity contribution in [2.45, 2.75) is 31.0 Å². The van der Waals surface area contributed by atoms with Gasteiger partial charge in [0, 0.05) is 23.7 Å². The minimum atomic E-state index is -3.69. The Morgan fingerprint density at radius 2 is 1.75 bits per heavy atom. The van der Waals surface area contributed by atoms with E-state index < -0.39 is 21.7 Å². The Balaban J connectivity index is 1.76. The molecule has 1 aliphatic heterocycles. The van der Waals surface area contributed by atoms with Crippen LogP contribution in [-0.4, -0.2) is 43.9 Å². The Bertz CT molecular complexity index is 972. The molecule has 2 atom stereocenters. The molecule has 0 radical (unpaired) electrons. The van der Waals surface area contributed by atoms with Crippen LogP contribution in [0.1, 0.15) is 24.2 Å². The van der Waals surface area contributed by atoms with E-state index in [2.05, 4.69) is 5.32 Å². The molecule has 0 spiro atoms. The summed E-state index contributed by atoms with van der Waals surface area (Å²) >= 11 is 5.69.